The summed E-state index contributed by atoms with van der Waals surface area (Å²) in [5.41, 5.74) is 2.38. The van der Waals surface area contributed by atoms with Crippen molar-refractivity contribution in [2.24, 2.45) is 0 Å². The fourth-order valence-corrected chi connectivity index (χ4v) is 4.77. The van der Waals surface area contributed by atoms with E-state index in [1.165, 1.54) is 35.2 Å². The monoisotopic (exact) mass is 524 g/mol. The Morgan fingerprint density at radius 2 is 1.72 bits per heavy atom. The molecule has 182 valence electrons. The number of nitrogens with one attached hydrogen (secondary N) is 1. The average Bonchev–Trinajstić information content (AvgIpc) is 3.12. The zero-order valence-electron chi connectivity index (χ0n) is 18.5. The number of halogens is 2. The highest BCUT2D eigenvalue weighted by atomic mass is 32.2. The molecule has 3 aromatic carbocycles. The zero-order chi connectivity index (χ0) is 25.8. The van der Waals surface area contributed by atoms with Crippen LogP contribution in [0.1, 0.15) is 22.3 Å². The van der Waals surface area contributed by atoms with Gasteiger partial charge in [-0.1, -0.05) is 48.2 Å². The number of carbonyl (C=O) groups excluding carboxylic acids is 2. The SMILES string of the molecule is O=C(CCN1C(=O)C(=Cc2cccc(-c3ccc(F)c(F)c3)c2)SC1=S)Nc1ccc(C(=O)O)cc1. The molecular formula is C26H18F2N2O4S2. The maximum absolute atomic E-state index is 13.6. The van der Waals surface area contributed by atoms with Crippen molar-refractivity contribution in [1.29, 1.82) is 0 Å². The smallest absolute Gasteiger partial charge is 0.335 e. The Kier molecular flexibility index (Phi) is 7.56. The molecule has 1 saturated heterocycles. The number of thiocarbonyl (C=S) groups is 1. The van der Waals surface area contributed by atoms with Gasteiger partial charge in [-0.2, -0.15) is 0 Å². The van der Waals surface area contributed by atoms with Gasteiger partial charge in [0.1, 0.15) is 4.32 Å². The number of benzene rings is 3. The van der Waals surface area contributed by atoms with Crippen molar-refractivity contribution >= 4 is 57.8 Å². The summed E-state index contributed by atoms with van der Waals surface area (Å²) in [5.74, 6) is -3.62. The third-order valence-electron chi connectivity index (χ3n) is 5.29. The fraction of sp³-hybridized carbons (Fsp3) is 0.0769. The molecule has 0 radical (unpaired) electrons. The maximum atomic E-state index is 13.6. The van der Waals surface area contributed by atoms with Crippen molar-refractivity contribution in [3.63, 3.8) is 0 Å². The minimum absolute atomic E-state index is 0.00792. The summed E-state index contributed by atoms with van der Waals surface area (Å²) in [4.78, 5) is 37.9. The van der Waals surface area contributed by atoms with Crippen molar-refractivity contribution in [2.75, 3.05) is 11.9 Å². The van der Waals surface area contributed by atoms with Crippen LogP contribution in [0.25, 0.3) is 17.2 Å². The zero-order valence-corrected chi connectivity index (χ0v) is 20.2. The first-order valence-corrected chi connectivity index (χ1v) is 11.9. The minimum Gasteiger partial charge on any atom is -0.478 e. The molecule has 2 amide bonds. The molecule has 36 heavy (non-hydrogen) atoms. The number of thioether (sulfide) groups is 1. The number of rotatable bonds is 7. The van der Waals surface area contributed by atoms with Gasteiger partial charge in [-0.3, -0.25) is 14.5 Å². The lowest BCUT2D eigenvalue weighted by molar-refractivity contribution is -0.122. The van der Waals surface area contributed by atoms with E-state index in [0.29, 0.717) is 31.6 Å². The van der Waals surface area contributed by atoms with Gasteiger partial charge in [-0.15, -0.1) is 0 Å². The van der Waals surface area contributed by atoms with Crippen LogP contribution in [0.2, 0.25) is 0 Å². The molecule has 1 aliphatic rings. The number of hydrogen-bond acceptors (Lipinski definition) is 5. The normalized spacial score (nSPS) is 14.4. The predicted molar refractivity (Wildman–Crippen MR) is 138 cm³/mol. The molecule has 1 fully saturated rings. The Labute approximate surface area is 214 Å². The van der Waals surface area contributed by atoms with Gasteiger partial charge in [0.05, 0.1) is 10.5 Å². The number of aromatic carboxylic acids is 1. The summed E-state index contributed by atoms with van der Waals surface area (Å²) in [5, 5.41) is 11.6. The molecular weight excluding hydrogens is 506 g/mol. The number of carboxylic acids is 1. The number of hydrogen-bond donors (Lipinski definition) is 2. The van der Waals surface area contributed by atoms with Gasteiger partial charge in [0.2, 0.25) is 5.91 Å². The van der Waals surface area contributed by atoms with E-state index in [-0.39, 0.29) is 30.3 Å². The van der Waals surface area contributed by atoms with Crippen LogP contribution in [0.5, 0.6) is 0 Å². The molecule has 0 bridgehead atoms. The number of amides is 2. The topological polar surface area (TPSA) is 86.7 Å². The average molecular weight is 525 g/mol. The van der Waals surface area contributed by atoms with E-state index >= 15 is 0 Å². The highest BCUT2D eigenvalue weighted by Crippen LogP contribution is 2.33. The van der Waals surface area contributed by atoms with Gasteiger partial charge in [0.25, 0.3) is 5.91 Å². The fourth-order valence-electron chi connectivity index (χ4n) is 3.46. The second-order valence-electron chi connectivity index (χ2n) is 7.77. The Balaban J connectivity index is 1.40. The second-order valence-corrected chi connectivity index (χ2v) is 9.44. The Hall–Kier alpha value is -3.89. The number of nitrogens with zero attached hydrogens (tertiary/aromatic N) is 1. The van der Waals surface area contributed by atoms with E-state index in [0.717, 1.165) is 23.9 Å². The highest BCUT2D eigenvalue weighted by Gasteiger charge is 2.32. The summed E-state index contributed by atoms with van der Waals surface area (Å²) in [7, 11) is 0. The third kappa shape index (κ3) is 5.84. The van der Waals surface area contributed by atoms with Gasteiger partial charge < -0.3 is 10.4 Å². The lowest BCUT2D eigenvalue weighted by atomic mass is 10.0. The summed E-state index contributed by atoms with van der Waals surface area (Å²) >= 11 is 6.44. The van der Waals surface area contributed by atoms with Crippen LogP contribution in [0.3, 0.4) is 0 Å². The van der Waals surface area contributed by atoms with Crippen molar-refractivity contribution in [1.82, 2.24) is 4.90 Å². The number of anilines is 1. The first-order valence-electron chi connectivity index (χ1n) is 10.7. The minimum atomic E-state index is -1.06. The van der Waals surface area contributed by atoms with Crippen LogP contribution < -0.4 is 5.32 Å². The molecule has 1 heterocycles. The largest absolute Gasteiger partial charge is 0.478 e. The summed E-state index contributed by atoms with van der Waals surface area (Å²) in [6.07, 6.45) is 1.65. The van der Waals surface area contributed by atoms with Gasteiger partial charge in [0.15, 0.2) is 11.6 Å². The molecule has 2 N–H and O–H groups in total. The Morgan fingerprint density at radius 3 is 2.42 bits per heavy atom. The molecule has 0 unspecified atom stereocenters. The van der Waals surface area contributed by atoms with Crippen LogP contribution >= 0.6 is 24.0 Å². The summed E-state index contributed by atoms with van der Waals surface area (Å²) < 4.78 is 27.2. The van der Waals surface area contributed by atoms with Crippen molar-refractivity contribution in [3.8, 4) is 11.1 Å². The summed E-state index contributed by atoms with van der Waals surface area (Å²) in [6, 6.07) is 16.4. The van der Waals surface area contributed by atoms with Crippen LogP contribution in [0.15, 0.2) is 71.6 Å². The molecule has 0 spiro atoms. The first-order chi connectivity index (χ1) is 17.2. The summed E-state index contributed by atoms with van der Waals surface area (Å²) in [6.45, 7) is 0.0793. The molecule has 6 nitrogen and oxygen atoms in total. The lowest BCUT2D eigenvalue weighted by Crippen LogP contribution is -2.31. The van der Waals surface area contributed by atoms with Gasteiger partial charge in [-0.25, -0.2) is 13.6 Å². The second kappa shape index (κ2) is 10.8. The first kappa shape index (κ1) is 25.2. The van der Waals surface area contributed by atoms with E-state index in [9.17, 15) is 23.2 Å². The van der Waals surface area contributed by atoms with Crippen molar-refractivity contribution < 1.29 is 28.3 Å². The van der Waals surface area contributed by atoms with E-state index in [4.69, 9.17) is 17.3 Å². The molecule has 10 heteroatoms. The van der Waals surface area contributed by atoms with Crippen LogP contribution in [-0.4, -0.2) is 38.7 Å². The molecule has 0 saturated carbocycles. The molecule has 0 aliphatic carbocycles. The highest BCUT2D eigenvalue weighted by molar-refractivity contribution is 8.26. The van der Waals surface area contributed by atoms with Crippen molar-refractivity contribution in [3.05, 3.63) is 94.4 Å². The maximum Gasteiger partial charge on any atom is 0.335 e. The number of carbonyl (C=O) groups is 3. The van der Waals surface area contributed by atoms with E-state index in [2.05, 4.69) is 5.32 Å². The standard InChI is InChI=1S/C26H18F2N2O4S2/c27-20-9-6-18(14-21(20)28)17-3-1-2-15(12-17)13-22-24(32)30(26(35)36-22)11-10-23(31)29-19-7-4-16(5-8-19)25(33)34/h1-9,12-14H,10-11H2,(H,29,31)(H,33,34). The Bertz CT molecular complexity index is 1410. The molecule has 3 aromatic rings. The van der Waals surface area contributed by atoms with Crippen molar-refractivity contribution in [2.45, 2.75) is 6.42 Å². The quantitative estimate of drug-likeness (QED) is 0.311. The molecule has 0 atom stereocenters. The molecule has 0 aromatic heterocycles. The lowest BCUT2D eigenvalue weighted by Gasteiger charge is -2.14. The Morgan fingerprint density at radius 1 is 1.00 bits per heavy atom. The predicted octanol–water partition coefficient (Wildman–Crippen LogP) is 5.56. The van der Waals surface area contributed by atoms with E-state index in [1.807, 2.05) is 0 Å². The van der Waals surface area contributed by atoms with Crippen LogP contribution in [0.4, 0.5) is 14.5 Å². The van der Waals surface area contributed by atoms with E-state index < -0.39 is 17.6 Å². The van der Waals surface area contributed by atoms with Crippen LogP contribution in [-0.2, 0) is 9.59 Å². The van der Waals surface area contributed by atoms with Crippen LogP contribution in [0, 0.1) is 11.6 Å². The van der Waals surface area contributed by atoms with Gasteiger partial charge in [0, 0.05) is 18.7 Å². The van der Waals surface area contributed by atoms with E-state index in [1.54, 1.807) is 30.3 Å². The van der Waals surface area contributed by atoms with Gasteiger partial charge in [-0.05, 0) is 65.2 Å². The van der Waals surface area contributed by atoms with Gasteiger partial charge >= 0.3 is 5.97 Å². The molecule has 4 rings (SSSR count). The number of carboxylic acid groups (broad SMARTS) is 1. The third-order valence-corrected chi connectivity index (χ3v) is 6.67. The molecule has 1 aliphatic heterocycles.